The van der Waals surface area contributed by atoms with E-state index in [1.165, 1.54) is 5.56 Å². The van der Waals surface area contributed by atoms with Crippen molar-refractivity contribution in [2.24, 2.45) is 11.1 Å². The molecule has 2 unspecified atom stereocenters. The summed E-state index contributed by atoms with van der Waals surface area (Å²) in [7, 11) is 0. The molecule has 1 fully saturated rings. The monoisotopic (exact) mass is 446 g/mol. The highest BCUT2D eigenvalue weighted by molar-refractivity contribution is 5.77. The summed E-state index contributed by atoms with van der Waals surface area (Å²) in [5.41, 5.74) is 8.87. The largest absolute Gasteiger partial charge is 0.375 e. The van der Waals surface area contributed by atoms with Crippen LogP contribution in [0.2, 0.25) is 0 Å². The fourth-order valence-corrected chi connectivity index (χ4v) is 4.52. The average molecular weight is 447 g/mol. The Labute approximate surface area is 196 Å². The van der Waals surface area contributed by atoms with Crippen molar-refractivity contribution in [2.45, 2.75) is 45.9 Å². The van der Waals surface area contributed by atoms with Crippen LogP contribution >= 0.6 is 0 Å². The Bertz CT molecular complexity index is 1060. The molecule has 3 aromatic rings. The molecule has 2 atom stereocenters. The normalized spacial score (nSPS) is 18.2. The number of imidazole rings is 1. The predicted octanol–water partition coefficient (Wildman–Crippen LogP) is 4.26. The van der Waals surface area contributed by atoms with Gasteiger partial charge in [0.05, 0.1) is 30.9 Å². The SMILES string of the molecule is CC(C)(C)C(c1nc(-c2ccccc2)cn1Cc1ccccc1)N1CC(CN)OCCC1=O. The van der Waals surface area contributed by atoms with Crippen LogP contribution < -0.4 is 5.73 Å². The molecule has 2 N–H and O–H groups in total. The second kappa shape index (κ2) is 9.89. The van der Waals surface area contributed by atoms with E-state index in [2.05, 4.69) is 55.8 Å². The number of amides is 1. The molecule has 4 rings (SSSR count). The molecule has 0 radical (unpaired) electrons. The zero-order valence-electron chi connectivity index (χ0n) is 19.8. The van der Waals surface area contributed by atoms with Gasteiger partial charge in [-0.2, -0.15) is 0 Å². The topological polar surface area (TPSA) is 73.4 Å². The van der Waals surface area contributed by atoms with Crippen LogP contribution in [0, 0.1) is 5.41 Å². The number of carbonyl (C=O) groups excluding carboxylic acids is 1. The number of hydrogen-bond acceptors (Lipinski definition) is 4. The van der Waals surface area contributed by atoms with Gasteiger partial charge in [-0.25, -0.2) is 4.98 Å². The molecule has 0 saturated carbocycles. The first-order chi connectivity index (χ1) is 15.9. The average Bonchev–Trinajstić information content (AvgIpc) is 3.11. The van der Waals surface area contributed by atoms with Crippen molar-refractivity contribution < 1.29 is 9.53 Å². The first-order valence-electron chi connectivity index (χ1n) is 11.6. The lowest BCUT2D eigenvalue weighted by Crippen LogP contribution is -2.46. The number of nitrogens with zero attached hydrogens (tertiary/aromatic N) is 3. The van der Waals surface area contributed by atoms with E-state index < -0.39 is 0 Å². The second-order valence-electron chi connectivity index (χ2n) is 9.76. The summed E-state index contributed by atoms with van der Waals surface area (Å²) in [6.07, 6.45) is 2.29. The second-order valence-corrected chi connectivity index (χ2v) is 9.76. The van der Waals surface area contributed by atoms with Crippen LogP contribution in [0.5, 0.6) is 0 Å². The molecule has 2 heterocycles. The van der Waals surface area contributed by atoms with E-state index in [-0.39, 0.29) is 23.5 Å². The maximum absolute atomic E-state index is 13.3. The summed E-state index contributed by atoms with van der Waals surface area (Å²) < 4.78 is 8.04. The van der Waals surface area contributed by atoms with Gasteiger partial charge < -0.3 is 19.9 Å². The lowest BCUT2D eigenvalue weighted by Gasteiger charge is -2.40. The lowest BCUT2D eigenvalue weighted by atomic mass is 9.84. The Morgan fingerprint density at radius 2 is 1.76 bits per heavy atom. The van der Waals surface area contributed by atoms with Gasteiger partial charge in [0.1, 0.15) is 5.82 Å². The smallest absolute Gasteiger partial charge is 0.225 e. The van der Waals surface area contributed by atoms with Crippen molar-refractivity contribution in [1.82, 2.24) is 14.5 Å². The summed E-state index contributed by atoms with van der Waals surface area (Å²) in [6, 6.07) is 20.3. The van der Waals surface area contributed by atoms with Crippen molar-refractivity contribution in [3.8, 4) is 11.3 Å². The van der Waals surface area contributed by atoms with Crippen LogP contribution in [-0.4, -0.2) is 46.2 Å². The van der Waals surface area contributed by atoms with Gasteiger partial charge in [-0.15, -0.1) is 0 Å². The fourth-order valence-electron chi connectivity index (χ4n) is 4.52. The number of hydrogen-bond donors (Lipinski definition) is 1. The van der Waals surface area contributed by atoms with Gasteiger partial charge in [0.15, 0.2) is 0 Å². The Hall–Kier alpha value is -2.96. The Morgan fingerprint density at radius 3 is 2.39 bits per heavy atom. The van der Waals surface area contributed by atoms with Crippen molar-refractivity contribution in [3.05, 3.63) is 78.2 Å². The van der Waals surface area contributed by atoms with E-state index in [0.29, 0.717) is 32.7 Å². The third kappa shape index (κ3) is 5.34. The Morgan fingerprint density at radius 1 is 1.09 bits per heavy atom. The minimum absolute atomic E-state index is 0.0846. The number of ether oxygens (including phenoxy) is 1. The van der Waals surface area contributed by atoms with Crippen molar-refractivity contribution in [3.63, 3.8) is 0 Å². The van der Waals surface area contributed by atoms with Crippen molar-refractivity contribution in [2.75, 3.05) is 19.7 Å². The molecule has 6 heteroatoms. The minimum atomic E-state index is -0.243. The van der Waals surface area contributed by atoms with Gasteiger partial charge in [-0.05, 0) is 11.0 Å². The van der Waals surface area contributed by atoms with Gasteiger partial charge >= 0.3 is 0 Å². The molecule has 1 aliphatic heterocycles. The van der Waals surface area contributed by atoms with E-state index >= 15 is 0 Å². The van der Waals surface area contributed by atoms with E-state index in [0.717, 1.165) is 17.1 Å². The summed E-state index contributed by atoms with van der Waals surface area (Å²) in [5, 5.41) is 0. The molecule has 0 bridgehead atoms. The number of carbonyl (C=O) groups is 1. The Balaban J connectivity index is 1.83. The lowest BCUT2D eigenvalue weighted by molar-refractivity contribution is -0.136. The number of rotatable bonds is 6. The van der Waals surface area contributed by atoms with Crippen LogP contribution in [0.4, 0.5) is 0 Å². The predicted molar refractivity (Wildman–Crippen MR) is 131 cm³/mol. The number of benzene rings is 2. The third-order valence-corrected chi connectivity index (χ3v) is 6.10. The highest BCUT2D eigenvalue weighted by Crippen LogP contribution is 2.40. The van der Waals surface area contributed by atoms with Crippen molar-refractivity contribution >= 4 is 5.91 Å². The van der Waals surface area contributed by atoms with Crippen molar-refractivity contribution in [1.29, 1.82) is 0 Å². The van der Waals surface area contributed by atoms with Gasteiger partial charge in [0, 0.05) is 31.4 Å². The van der Waals surface area contributed by atoms with Gasteiger partial charge in [-0.3, -0.25) is 4.79 Å². The minimum Gasteiger partial charge on any atom is -0.375 e. The maximum atomic E-state index is 13.3. The van der Waals surface area contributed by atoms with Gasteiger partial charge in [0.25, 0.3) is 0 Å². The molecular weight excluding hydrogens is 412 g/mol. The fraction of sp³-hybridized carbons (Fsp3) is 0.407. The first kappa shape index (κ1) is 23.2. The zero-order valence-corrected chi connectivity index (χ0v) is 19.8. The van der Waals surface area contributed by atoms with E-state index in [9.17, 15) is 4.79 Å². The summed E-state index contributed by atoms with van der Waals surface area (Å²) in [6.45, 7) is 8.43. The highest BCUT2D eigenvalue weighted by atomic mass is 16.5. The molecule has 0 aliphatic carbocycles. The summed E-state index contributed by atoms with van der Waals surface area (Å²) in [5.74, 6) is 0.970. The maximum Gasteiger partial charge on any atom is 0.225 e. The van der Waals surface area contributed by atoms with E-state index in [4.69, 9.17) is 15.5 Å². The van der Waals surface area contributed by atoms with Crippen LogP contribution in [0.25, 0.3) is 11.3 Å². The molecular formula is C27H34N4O2. The molecule has 1 aromatic heterocycles. The van der Waals surface area contributed by atoms with Crippen LogP contribution in [0.1, 0.15) is 44.6 Å². The molecule has 174 valence electrons. The Kier molecular flexibility index (Phi) is 6.96. The molecule has 6 nitrogen and oxygen atoms in total. The molecule has 2 aromatic carbocycles. The molecule has 1 saturated heterocycles. The quantitative estimate of drug-likeness (QED) is 0.614. The van der Waals surface area contributed by atoms with Crippen LogP contribution in [0.15, 0.2) is 66.9 Å². The third-order valence-electron chi connectivity index (χ3n) is 6.10. The van der Waals surface area contributed by atoms with E-state index in [1.807, 2.05) is 41.3 Å². The van der Waals surface area contributed by atoms with Crippen LogP contribution in [-0.2, 0) is 16.1 Å². The number of nitrogens with two attached hydrogens (primary N) is 1. The summed E-state index contributed by atoms with van der Waals surface area (Å²) >= 11 is 0. The van der Waals surface area contributed by atoms with Crippen LogP contribution in [0.3, 0.4) is 0 Å². The molecule has 1 amide bonds. The zero-order chi connectivity index (χ0) is 23.4. The van der Waals surface area contributed by atoms with Gasteiger partial charge in [0.2, 0.25) is 5.91 Å². The first-order valence-corrected chi connectivity index (χ1v) is 11.6. The highest BCUT2D eigenvalue weighted by Gasteiger charge is 2.40. The molecule has 1 aliphatic rings. The molecule has 0 spiro atoms. The van der Waals surface area contributed by atoms with E-state index in [1.54, 1.807) is 0 Å². The number of aromatic nitrogens is 2. The van der Waals surface area contributed by atoms with Gasteiger partial charge in [-0.1, -0.05) is 81.4 Å². The summed E-state index contributed by atoms with van der Waals surface area (Å²) in [4.78, 5) is 20.3. The standard InChI is InChI=1S/C27H34N4O2/c1-27(2,3)25(31-18-22(16-28)33-15-14-24(31)32)26-29-23(21-12-8-5-9-13-21)19-30(26)17-20-10-6-4-7-11-20/h4-13,19,22,25H,14-18,28H2,1-3H3. The molecule has 33 heavy (non-hydrogen) atoms.